The monoisotopic (exact) mass is 326 g/mol. The summed E-state index contributed by atoms with van der Waals surface area (Å²) < 4.78 is 7.82. The molecule has 1 aliphatic carbocycles. The summed E-state index contributed by atoms with van der Waals surface area (Å²) in [5, 5.41) is 3.06. The molecule has 3 heterocycles. The van der Waals surface area contributed by atoms with E-state index < -0.39 is 0 Å². The number of amides is 1. The van der Waals surface area contributed by atoms with Crippen molar-refractivity contribution in [2.24, 2.45) is 13.0 Å². The Kier molecular flexibility index (Phi) is 4.06. The molecular weight excluding hydrogens is 304 g/mol. The summed E-state index contributed by atoms with van der Waals surface area (Å²) >= 11 is 0. The molecule has 2 fully saturated rings. The van der Waals surface area contributed by atoms with Crippen LogP contribution in [0.5, 0.6) is 0 Å². The summed E-state index contributed by atoms with van der Waals surface area (Å²) in [4.78, 5) is 21.2. The fraction of sp³-hybridized carbons (Fsp3) is 0.500. The number of imidazole rings is 1. The van der Waals surface area contributed by atoms with Gasteiger partial charge in [0.1, 0.15) is 11.9 Å². The lowest BCUT2D eigenvalue weighted by Crippen LogP contribution is -2.31. The van der Waals surface area contributed by atoms with Gasteiger partial charge in [-0.2, -0.15) is 0 Å². The van der Waals surface area contributed by atoms with Crippen molar-refractivity contribution in [2.45, 2.75) is 31.3 Å². The van der Waals surface area contributed by atoms with Crippen molar-refractivity contribution >= 4 is 5.91 Å². The Morgan fingerprint density at radius 2 is 2.21 bits per heavy atom. The molecule has 1 amide bonds. The fourth-order valence-corrected chi connectivity index (χ4v) is 3.30. The molecule has 24 heavy (non-hydrogen) atoms. The number of rotatable bonds is 5. The first-order chi connectivity index (χ1) is 11.7. The van der Waals surface area contributed by atoms with Gasteiger partial charge >= 0.3 is 0 Å². The molecule has 0 radical (unpaired) electrons. The first-order valence-corrected chi connectivity index (χ1v) is 8.55. The molecule has 0 aromatic carbocycles. The van der Waals surface area contributed by atoms with Crippen molar-refractivity contribution in [2.75, 3.05) is 13.2 Å². The van der Waals surface area contributed by atoms with Crippen molar-refractivity contribution in [3.05, 3.63) is 47.8 Å². The van der Waals surface area contributed by atoms with E-state index in [1.807, 2.05) is 23.9 Å². The summed E-state index contributed by atoms with van der Waals surface area (Å²) in [6.07, 6.45) is 8.68. The molecule has 0 spiro atoms. The average Bonchev–Trinajstić information content (AvgIpc) is 3.21. The van der Waals surface area contributed by atoms with Crippen molar-refractivity contribution in [1.29, 1.82) is 0 Å². The third-order valence-corrected chi connectivity index (χ3v) is 4.89. The number of aryl methyl sites for hydroxylation is 1. The number of pyridine rings is 1. The molecule has 2 atom stereocenters. The zero-order chi connectivity index (χ0) is 16.5. The van der Waals surface area contributed by atoms with Gasteiger partial charge in [-0.3, -0.25) is 9.78 Å². The summed E-state index contributed by atoms with van der Waals surface area (Å²) in [6.45, 7) is 1.30. The summed E-state index contributed by atoms with van der Waals surface area (Å²) in [5.41, 5.74) is 1.73. The molecule has 1 N–H and O–H groups in total. The van der Waals surface area contributed by atoms with Gasteiger partial charge in [-0.1, -0.05) is 0 Å². The molecule has 4 rings (SSSR count). The highest BCUT2D eigenvalue weighted by Gasteiger charge is 2.32. The quantitative estimate of drug-likeness (QED) is 0.914. The Bertz CT molecular complexity index is 738. The lowest BCUT2D eigenvalue weighted by atomic mass is 10.0. The first-order valence-electron chi connectivity index (χ1n) is 8.55. The van der Waals surface area contributed by atoms with Gasteiger partial charge < -0.3 is 14.6 Å². The Hall–Kier alpha value is -2.21. The van der Waals surface area contributed by atoms with Crippen LogP contribution in [-0.4, -0.2) is 33.6 Å². The maximum atomic E-state index is 12.5. The lowest BCUT2D eigenvalue weighted by molar-refractivity contribution is 0.0779. The zero-order valence-electron chi connectivity index (χ0n) is 13.8. The lowest BCUT2D eigenvalue weighted by Gasteiger charge is -2.18. The van der Waals surface area contributed by atoms with Gasteiger partial charge in [-0.25, -0.2) is 4.98 Å². The number of ether oxygens (including phenoxy) is 1. The first kappa shape index (κ1) is 15.3. The molecule has 0 bridgehead atoms. The fourth-order valence-electron chi connectivity index (χ4n) is 3.30. The van der Waals surface area contributed by atoms with Crippen LogP contribution in [0.25, 0.3) is 0 Å². The second-order valence-corrected chi connectivity index (χ2v) is 6.69. The van der Waals surface area contributed by atoms with E-state index in [4.69, 9.17) is 4.74 Å². The Morgan fingerprint density at radius 3 is 2.96 bits per heavy atom. The predicted octanol–water partition coefficient (Wildman–Crippen LogP) is 2.20. The van der Waals surface area contributed by atoms with Gasteiger partial charge in [-0.15, -0.1) is 0 Å². The highest BCUT2D eigenvalue weighted by molar-refractivity contribution is 5.94. The van der Waals surface area contributed by atoms with Gasteiger partial charge in [0.15, 0.2) is 0 Å². The summed E-state index contributed by atoms with van der Waals surface area (Å²) in [5.74, 6) is 1.69. The molecular formula is C18H22N4O2. The molecule has 2 aromatic heterocycles. The van der Waals surface area contributed by atoms with Crippen LogP contribution < -0.4 is 5.32 Å². The van der Waals surface area contributed by atoms with Crippen molar-refractivity contribution in [1.82, 2.24) is 19.9 Å². The predicted molar refractivity (Wildman–Crippen MR) is 88.6 cm³/mol. The standard InChI is InChI=1S/C18H22N4O2/c1-22-8-7-20-17(22)16-14(5-9-24-16)11-21-18(23)13-4-6-19-15(10-13)12-2-3-12/h4,6-8,10,12,14,16H,2-3,5,9,11H2,1H3,(H,21,23)/t14-,16+/m0/s1. The van der Waals surface area contributed by atoms with E-state index in [0.717, 1.165) is 17.9 Å². The Labute approximate surface area is 141 Å². The van der Waals surface area contributed by atoms with Crippen LogP contribution in [0.15, 0.2) is 30.7 Å². The highest BCUT2D eigenvalue weighted by Crippen LogP contribution is 2.39. The average molecular weight is 326 g/mol. The molecule has 1 aliphatic heterocycles. The molecule has 2 aliphatic rings. The van der Waals surface area contributed by atoms with Gasteiger partial charge in [0.2, 0.25) is 0 Å². The van der Waals surface area contributed by atoms with E-state index in [-0.39, 0.29) is 17.9 Å². The van der Waals surface area contributed by atoms with Gasteiger partial charge in [-0.05, 0) is 31.4 Å². The van der Waals surface area contributed by atoms with Crippen molar-refractivity contribution in [3.8, 4) is 0 Å². The number of nitrogens with one attached hydrogen (secondary N) is 1. The van der Waals surface area contributed by atoms with Crippen LogP contribution in [0.2, 0.25) is 0 Å². The Balaban J connectivity index is 1.40. The van der Waals surface area contributed by atoms with Gasteiger partial charge in [0, 0.05) is 61.9 Å². The van der Waals surface area contributed by atoms with Gasteiger partial charge in [0.05, 0.1) is 0 Å². The molecule has 1 saturated carbocycles. The second kappa shape index (κ2) is 6.36. The maximum Gasteiger partial charge on any atom is 0.251 e. The maximum absolute atomic E-state index is 12.5. The number of nitrogens with zero attached hydrogens (tertiary/aromatic N) is 3. The van der Waals surface area contributed by atoms with E-state index in [2.05, 4.69) is 15.3 Å². The molecule has 126 valence electrons. The summed E-state index contributed by atoms with van der Waals surface area (Å²) in [7, 11) is 1.97. The van der Waals surface area contributed by atoms with E-state index in [1.165, 1.54) is 12.8 Å². The van der Waals surface area contributed by atoms with E-state index in [0.29, 0.717) is 24.6 Å². The third-order valence-electron chi connectivity index (χ3n) is 4.89. The number of hydrogen-bond donors (Lipinski definition) is 1. The van der Waals surface area contributed by atoms with Crippen molar-refractivity contribution in [3.63, 3.8) is 0 Å². The minimum absolute atomic E-state index is 0.0372. The van der Waals surface area contributed by atoms with Crippen LogP contribution in [0, 0.1) is 5.92 Å². The van der Waals surface area contributed by atoms with Crippen LogP contribution in [0.3, 0.4) is 0 Å². The van der Waals surface area contributed by atoms with Crippen LogP contribution >= 0.6 is 0 Å². The van der Waals surface area contributed by atoms with Gasteiger partial charge in [0.25, 0.3) is 5.91 Å². The molecule has 6 heteroatoms. The minimum Gasteiger partial charge on any atom is -0.370 e. The number of hydrogen-bond acceptors (Lipinski definition) is 4. The SMILES string of the molecule is Cn1ccnc1[C@@H]1OCC[C@H]1CNC(=O)c1ccnc(C2CC2)c1. The summed E-state index contributed by atoms with van der Waals surface area (Å²) in [6, 6.07) is 3.71. The molecule has 6 nitrogen and oxygen atoms in total. The van der Waals surface area contributed by atoms with E-state index >= 15 is 0 Å². The second-order valence-electron chi connectivity index (χ2n) is 6.69. The van der Waals surface area contributed by atoms with Crippen molar-refractivity contribution < 1.29 is 9.53 Å². The Morgan fingerprint density at radius 1 is 1.33 bits per heavy atom. The number of aromatic nitrogens is 3. The normalized spacial score (nSPS) is 23.4. The minimum atomic E-state index is -0.0511. The molecule has 2 aromatic rings. The highest BCUT2D eigenvalue weighted by atomic mass is 16.5. The number of carbonyl (C=O) groups excluding carboxylic acids is 1. The molecule has 1 saturated heterocycles. The van der Waals surface area contributed by atoms with Crippen LogP contribution in [-0.2, 0) is 11.8 Å². The zero-order valence-corrected chi connectivity index (χ0v) is 13.8. The third kappa shape index (κ3) is 3.06. The van der Waals surface area contributed by atoms with Crippen LogP contribution in [0.1, 0.15) is 53.2 Å². The largest absolute Gasteiger partial charge is 0.370 e. The molecule has 0 unspecified atom stereocenters. The number of carbonyl (C=O) groups is 1. The smallest absolute Gasteiger partial charge is 0.251 e. The van der Waals surface area contributed by atoms with E-state index in [9.17, 15) is 4.79 Å². The van der Waals surface area contributed by atoms with Crippen LogP contribution in [0.4, 0.5) is 0 Å². The topological polar surface area (TPSA) is 69.0 Å². The van der Waals surface area contributed by atoms with E-state index in [1.54, 1.807) is 18.5 Å².